The molecule has 0 bridgehead atoms. The number of aromatic nitrogens is 3. The average molecular weight is 273 g/mol. The Labute approximate surface area is 114 Å². The zero-order valence-corrected chi connectivity index (χ0v) is 10.9. The van der Waals surface area contributed by atoms with Crippen LogP contribution in [0, 0.1) is 0 Å². The normalized spacial score (nSPS) is 9.90. The summed E-state index contributed by atoms with van der Waals surface area (Å²) < 4.78 is 9.25. The van der Waals surface area contributed by atoms with Gasteiger partial charge in [-0.25, -0.2) is 9.59 Å². The number of methoxy groups -OCH3 is 2. The average Bonchev–Trinajstić information content (AvgIpc) is 2.53. The van der Waals surface area contributed by atoms with E-state index in [0.717, 1.165) is 0 Å². The summed E-state index contributed by atoms with van der Waals surface area (Å²) in [5.41, 5.74) is 0.988. The van der Waals surface area contributed by atoms with Gasteiger partial charge in [0.05, 0.1) is 37.2 Å². The standard InChI is InChI=1S/C13H11N3O4/c1-19-12(17)8-5-10(11-7-14-3-4-15-11)16-6-9(8)13(18)20-2/h3-7H,1-2H3. The maximum Gasteiger partial charge on any atom is 0.340 e. The summed E-state index contributed by atoms with van der Waals surface area (Å²) in [4.78, 5) is 35.4. The van der Waals surface area contributed by atoms with Gasteiger partial charge in [-0.15, -0.1) is 0 Å². The van der Waals surface area contributed by atoms with Crippen molar-refractivity contribution in [1.82, 2.24) is 15.0 Å². The summed E-state index contributed by atoms with van der Waals surface area (Å²) in [6.45, 7) is 0. The third kappa shape index (κ3) is 2.61. The fourth-order valence-corrected chi connectivity index (χ4v) is 1.58. The first-order valence-electron chi connectivity index (χ1n) is 5.60. The lowest BCUT2D eigenvalue weighted by atomic mass is 10.1. The molecule has 0 fully saturated rings. The molecule has 2 aromatic rings. The summed E-state index contributed by atoms with van der Waals surface area (Å²) in [7, 11) is 2.45. The van der Waals surface area contributed by atoms with Crippen molar-refractivity contribution in [2.75, 3.05) is 14.2 Å². The Morgan fingerprint density at radius 2 is 1.60 bits per heavy atom. The van der Waals surface area contributed by atoms with Crippen molar-refractivity contribution < 1.29 is 19.1 Å². The highest BCUT2D eigenvalue weighted by Crippen LogP contribution is 2.18. The van der Waals surface area contributed by atoms with Gasteiger partial charge in [0.15, 0.2) is 0 Å². The third-order valence-electron chi connectivity index (χ3n) is 2.54. The number of hydrogen-bond donors (Lipinski definition) is 0. The van der Waals surface area contributed by atoms with Crippen LogP contribution in [0.25, 0.3) is 11.4 Å². The molecule has 0 unspecified atom stereocenters. The van der Waals surface area contributed by atoms with E-state index in [2.05, 4.69) is 24.4 Å². The molecule has 0 spiro atoms. The zero-order chi connectivity index (χ0) is 14.5. The number of esters is 2. The molecule has 2 rings (SSSR count). The van der Waals surface area contributed by atoms with E-state index >= 15 is 0 Å². The minimum absolute atomic E-state index is 0.0343. The lowest BCUT2D eigenvalue weighted by molar-refractivity contribution is 0.0555. The van der Waals surface area contributed by atoms with Crippen LogP contribution in [-0.2, 0) is 9.47 Å². The van der Waals surface area contributed by atoms with Crippen LogP contribution in [0.15, 0.2) is 30.9 Å². The molecule has 7 heteroatoms. The van der Waals surface area contributed by atoms with Gasteiger partial charge in [-0.1, -0.05) is 0 Å². The van der Waals surface area contributed by atoms with Crippen LogP contribution < -0.4 is 0 Å². The molecular formula is C13H11N3O4. The maximum absolute atomic E-state index is 11.7. The van der Waals surface area contributed by atoms with Gasteiger partial charge in [-0.05, 0) is 6.07 Å². The SMILES string of the molecule is COC(=O)c1cnc(-c2cnccn2)cc1C(=O)OC. The van der Waals surface area contributed by atoms with Crippen molar-refractivity contribution in [3.8, 4) is 11.4 Å². The zero-order valence-electron chi connectivity index (χ0n) is 10.9. The summed E-state index contributed by atoms with van der Waals surface area (Å²) >= 11 is 0. The quantitative estimate of drug-likeness (QED) is 0.773. The Kier molecular flexibility index (Phi) is 3.99. The minimum Gasteiger partial charge on any atom is -0.465 e. The predicted molar refractivity (Wildman–Crippen MR) is 67.9 cm³/mol. The van der Waals surface area contributed by atoms with E-state index in [4.69, 9.17) is 0 Å². The van der Waals surface area contributed by atoms with E-state index in [0.29, 0.717) is 11.4 Å². The smallest absolute Gasteiger partial charge is 0.340 e. The lowest BCUT2D eigenvalue weighted by Crippen LogP contribution is -2.12. The molecule has 7 nitrogen and oxygen atoms in total. The molecule has 0 amide bonds. The fourth-order valence-electron chi connectivity index (χ4n) is 1.58. The second-order valence-corrected chi connectivity index (χ2v) is 3.69. The van der Waals surface area contributed by atoms with E-state index in [1.165, 1.54) is 45.1 Å². The number of carbonyl (C=O) groups excluding carboxylic acids is 2. The number of hydrogen-bond acceptors (Lipinski definition) is 7. The van der Waals surface area contributed by atoms with Crippen LogP contribution in [0.4, 0.5) is 0 Å². The fraction of sp³-hybridized carbons (Fsp3) is 0.154. The Bertz CT molecular complexity index is 643. The van der Waals surface area contributed by atoms with Gasteiger partial charge in [-0.2, -0.15) is 0 Å². The second kappa shape index (κ2) is 5.87. The molecule has 0 N–H and O–H groups in total. The van der Waals surface area contributed by atoms with Gasteiger partial charge in [0, 0.05) is 18.6 Å². The van der Waals surface area contributed by atoms with Crippen molar-refractivity contribution >= 4 is 11.9 Å². The number of rotatable bonds is 3. The molecule has 0 saturated carbocycles. The van der Waals surface area contributed by atoms with Gasteiger partial charge in [0.25, 0.3) is 0 Å². The van der Waals surface area contributed by atoms with Crippen LogP contribution in [0.5, 0.6) is 0 Å². The summed E-state index contributed by atoms with van der Waals surface area (Å²) in [6, 6.07) is 1.42. The van der Waals surface area contributed by atoms with Crippen molar-refractivity contribution in [2.24, 2.45) is 0 Å². The van der Waals surface area contributed by atoms with Gasteiger partial charge in [0.2, 0.25) is 0 Å². The van der Waals surface area contributed by atoms with Crippen LogP contribution in [0.3, 0.4) is 0 Å². The number of ether oxygens (including phenoxy) is 2. The van der Waals surface area contributed by atoms with Crippen molar-refractivity contribution in [3.05, 3.63) is 42.0 Å². The van der Waals surface area contributed by atoms with Gasteiger partial charge in [0.1, 0.15) is 5.69 Å². The Hall–Kier alpha value is -2.83. The molecule has 20 heavy (non-hydrogen) atoms. The summed E-state index contributed by atoms with van der Waals surface area (Å²) in [5.74, 6) is -1.32. The van der Waals surface area contributed by atoms with Crippen LogP contribution in [0.1, 0.15) is 20.7 Å². The highest BCUT2D eigenvalue weighted by Gasteiger charge is 2.20. The minimum atomic E-state index is -0.663. The molecule has 0 aliphatic rings. The predicted octanol–water partition coefficient (Wildman–Crippen LogP) is 1.11. The molecule has 0 aliphatic heterocycles. The van der Waals surface area contributed by atoms with Gasteiger partial charge < -0.3 is 9.47 Å². The Balaban J connectivity index is 2.54. The first-order chi connectivity index (χ1) is 9.67. The second-order valence-electron chi connectivity index (χ2n) is 3.69. The van der Waals surface area contributed by atoms with Crippen LogP contribution in [0.2, 0.25) is 0 Å². The van der Waals surface area contributed by atoms with E-state index in [9.17, 15) is 9.59 Å². The first-order valence-corrected chi connectivity index (χ1v) is 5.60. The first kappa shape index (κ1) is 13.6. The number of carbonyl (C=O) groups is 2. The molecule has 102 valence electrons. The van der Waals surface area contributed by atoms with E-state index < -0.39 is 11.9 Å². The molecule has 0 aliphatic carbocycles. The lowest BCUT2D eigenvalue weighted by Gasteiger charge is -2.07. The molecular weight excluding hydrogens is 262 g/mol. The van der Waals surface area contributed by atoms with Crippen LogP contribution >= 0.6 is 0 Å². The Morgan fingerprint density at radius 3 is 2.20 bits per heavy atom. The number of pyridine rings is 1. The van der Waals surface area contributed by atoms with E-state index in [1.807, 2.05) is 0 Å². The monoisotopic (exact) mass is 273 g/mol. The molecule has 0 atom stereocenters. The number of nitrogens with zero attached hydrogens (tertiary/aromatic N) is 3. The highest BCUT2D eigenvalue weighted by atomic mass is 16.5. The maximum atomic E-state index is 11.7. The van der Waals surface area contributed by atoms with Crippen molar-refractivity contribution in [1.29, 1.82) is 0 Å². The molecule has 0 radical (unpaired) electrons. The largest absolute Gasteiger partial charge is 0.465 e. The Morgan fingerprint density at radius 1 is 0.900 bits per heavy atom. The van der Waals surface area contributed by atoms with Gasteiger partial charge >= 0.3 is 11.9 Å². The molecule has 0 aromatic carbocycles. The van der Waals surface area contributed by atoms with Gasteiger partial charge in [-0.3, -0.25) is 15.0 Å². The molecule has 2 heterocycles. The molecule has 2 aromatic heterocycles. The summed E-state index contributed by atoms with van der Waals surface area (Å²) in [5, 5.41) is 0. The highest BCUT2D eigenvalue weighted by molar-refractivity contribution is 6.03. The van der Waals surface area contributed by atoms with Crippen molar-refractivity contribution in [2.45, 2.75) is 0 Å². The van der Waals surface area contributed by atoms with E-state index in [-0.39, 0.29) is 11.1 Å². The topological polar surface area (TPSA) is 91.3 Å². The summed E-state index contributed by atoms with van der Waals surface area (Å²) in [6.07, 6.45) is 5.78. The van der Waals surface area contributed by atoms with Crippen molar-refractivity contribution in [3.63, 3.8) is 0 Å². The molecule has 0 saturated heterocycles. The van der Waals surface area contributed by atoms with E-state index in [1.54, 1.807) is 0 Å². The third-order valence-corrected chi connectivity index (χ3v) is 2.54. The van der Waals surface area contributed by atoms with Crippen LogP contribution in [-0.4, -0.2) is 41.1 Å².